The van der Waals surface area contributed by atoms with Crippen molar-refractivity contribution < 1.29 is 14.6 Å². The number of aliphatic hydroxyl groups is 1. The van der Waals surface area contributed by atoms with Gasteiger partial charge in [-0.3, -0.25) is 0 Å². The molecule has 1 aromatic heterocycles. The van der Waals surface area contributed by atoms with Crippen molar-refractivity contribution in [1.29, 1.82) is 0 Å². The lowest BCUT2D eigenvalue weighted by Crippen LogP contribution is -2.04. The molecular formula is C16H18N2O3. The van der Waals surface area contributed by atoms with E-state index < -0.39 is 6.10 Å². The number of rotatable bonds is 5. The Bertz CT molecular complexity index is 613. The van der Waals surface area contributed by atoms with Gasteiger partial charge in [0.1, 0.15) is 5.75 Å². The first-order valence-electron chi connectivity index (χ1n) is 7.06. The van der Waals surface area contributed by atoms with Gasteiger partial charge in [-0.15, -0.1) is 10.2 Å². The van der Waals surface area contributed by atoms with E-state index in [1.54, 1.807) is 12.1 Å². The highest BCUT2D eigenvalue weighted by Crippen LogP contribution is 2.27. The minimum absolute atomic E-state index is 0.449. The lowest BCUT2D eigenvalue weighted by Gasteiger charge is -2.10. The van der Waals surface area contributed by atoms with Crippen molar-refractivity contribution in [2.75, 3.05) is 13.7 Å². The summed E-state index contributed by atoms with van der Waals surface area (Å²) in [6.45, 7) is 0.767. The normalized spacial score (nSPS) is 14.4. The molecule has 21 heavy (non-hydrogen) atoms. The molecule has 1 unspecified atom stereocenters. The standard InChI is InChI=1S/C16H18N2O3/c1-20-16-7-4-13(17-18-16)14(19)5-2-11-3-6-15-12(10-11)8-9-21-15/h3-4,6-7,10,14,19H,2,5,8-9H2,1H3. The van der Waals surface area contributed by atoms with E-state index in [9.17, 15) is 5.11 Å². The highest BCUT2D eigenvalue weighted by molar-refractivity contribution is 5.39. The van der Waals surface area contributed by atoms with Crippen molar-refractivity contribution in [3.63, 3.8) is 0 Å². The van der Waals surface area contributed by atoms with Crippen LogP contribution in [0.15, 0.2) is 30.3 Å². The second-order valence-electron chi connectivity index (χ2n) is 5.10. The number of hydrogen-bond donors (Lipinski definition) is 1. The number of fused-ring (bicyclic) bond motifs is 1. The van der Waals surface area contributed by atoms with Crippen LogP contribution in [0.1, 0.15) is 29.3 Å². The second-order valence-corrected chi connectivity index (χ2v) is 5.10. The van der Waals surface area contributed by atoms with Crippen LogP contribution >= 0.6 is 0 Å². The zero-order valence-corrected chi connectivity index (χ0v) is 12.0. The van der Waals surface area contributed by atoms with Gasteiger partial charge in [-0.1, -0.05) is 12.1 Å². The molecule has 5 nitrogen and oxygen atoms in total. The fourth-order valence-corrected chi connectivity index (χ4v) is 2.46. The summed E-state index contributed by atoms with van der Waals surface area (Å²) in [6.07, 6.45) is 1.76. The highest BCUT2D eigenvalue weighted by atomic mass is 16.5. The zero-order valence-electron chi connectivity index (χ0n) is 12.0. The minimum atomic E-state index is -0.618. The number of methoxy groups -OCH3 is 1. The van der Waals surface area contributed by atoms with E-state index in [-0.39, 0.29) is 0 Å². The maximum absolute atomic E-state index is 10.2. The summed E-state index contributed by atoms with van der Waals surface area (Å²) in [7, 11) is 1.54. The van der Waals surface area contributed by atoms with Crippen LogP contribution in [0.2, 0.25) is 0 Å². The molecule has 5 heteroatoms. The summed E-state index contributed by atoms with van der Waals surface area (Å²) in [5.41, 5.74) is 3.03. The Kier molecular flexibility index (Phi) is 4.01. The molecule has 0 fully saturated rings. The van der Waals surface area contributed by atoms with E-state index in [2.05, 4.69) is 22.3 Å². The molecule has 1 aliphatic rings. The summed E-state index contributed by atoms with van der Waals surface area (Å²) in [6, 6.07) is 9.67. The lowest BCUT2D eigenvalue weighted by molar-refractivity contribution is 0.161. The van der Waals surface area contributed by atoms with Crippen molar-refractivity contribution in [2.45, 2.75) is 25.4 Å². The molecule has 110 valence electrons. The first-order chi connectivity index (χ1) is 10.3. The summed E-state index contributed by atoms with van der Waals surface area (Å²) < 4.78 is 10.4. The van der Waals surface area contributed by atoms with Crippen LogP contribution in [0.3, 0.4) is 0 Å². The molecule has 0 aliphatic carbocycles. The maximum Gasteiger partial charge on any atom is 0.233 e. The minimum Gasteiger partial charge on any atom is -0.493 e. The summed E-state index contributed by atoms with van der Waals surface area (Å²) in [5.74, 6) is 1.44. The fraction of sp³-hybridized carbons (Fsp3) is 0.375. The smallest absolute Gasteiger partial charge is 0.233 e. The molecule has 1 aromatic carbocycles. The first-order valence-corrected chi connectivity index (χ1v) is 7.06. The molecule has 2 aromatic rings. The maximum atomic E-state index is 10.2. The van der Waals surface area contributed by atoms with Gasteiger partial charge in [0.25, 0.3) is 0 Å². The van der Waals surface area contributed by atoms with E-state index in [4.69, 9.17) is 9.47 Å². The lowest BCUT2D eigenvalue weighted by atomic mass is 10.0. The van der Waals surface area contributed by atoms with Crippen LogP contribution in [0.5, 0.6) is 11.6 Å². The average molecular weight is 286 g/mol. The van der Waals surface area contributed by atoms with Crippen LogP contribution in [0.25, 0.3) is 0 Å². The molecule has 0 bridgehead atoms. The molecule has 0 spiro atoms. The van der Waals surface area contributed by atoms with Gasteiger partial charge in [0.05, 0.1) is 25.5 Å². The topological polar surface area (TPSA) is 64.5 Å². The molecule has 1 N–H and O–H groups in total. The van der Waals surface area contributed by atoms with Gasteiger partial charge in [0, 0.05) is 12.5 Å². The first kappa shape index (κ1) is 13.8. The van der Waals surface area contributed by atoms with Crippen molar-refractivity contribution in [1.82, 2.24) is 10.2 Å². The summed E-state index contributed by atoms with van der Waals surface area (Å²) in [5, 5.41) is 18.0. The van der Waals surface area contributed by atoms with Crippen LogP contribution in [0, 0.1) is 0 Å². The average Bonchev–Trinajstić information content (AvgIpc) is 3.00. The monoisotopic (exact) mass is 286 g/mol. The van der Waals surface area contributed by atoms with Gasteiger partial charge >= 0.3 is 0 Å². The molecule has 0 saturated carbocycles. The van der Waals surface area contributed by atoms with Crippen LogP contribution in [0.4, 0.5) is 0 Å². The predicted molar refractivity (Wildman–Crippen MR) is 77.5 cm³/mol. The molecule has 2 heterocycles. The molecule has 0 radical (unpaired) electrons. The predicted octanol–water partition coefficient (Wildman–Crippen LogP) is 2.09. The third-order valence-electron chi connectivity index (χ3n) is 3.67. The molecule has 0 amide bonds. The van der Waals surface area contributed by atoms with Gasteiger partial charge in [0.2, 0.25) is 5.88 Å². The van der Waals surface area contributed by atoms with E-state index in [0.29, 0.717) is 18.0 Å². The third kappa shape index (κ3) is 3.13. The number of nitrogens with zero attached hydrogens (tertiary/aromatic N) is 2. The molecule has 3 rings (SSSR count). The van der Waals surface area contributed by atoms with Crippen molar-refractivity contribution in [2.24, 2.45) is 0 Å². The van der Waals surface area contributed by atoms with Gasteiger partial charge in [-0.05, 0) is 36.1 Å². The van der Waals surface area contributed by atoms with Crippen LogP contribution in [-0.2, 0) is 12.8 Å². The van der Waals surface area contributed by atoms with E-state index >= 15 is 0 Å². The summed E-state index contributed by atoms with van der Waals surface area (Å²) in [4.78, 5) is 0. The van der Waals surface area contributed by atoms with E-state index in [1.165, 1.54) is 18.2 Å². The Morgan fingerprint density at radius 2 is 2.19 bits per heavy atom. The van der Waals surface area contributed by atoms with E-state index in [0.717, 1.165) is 25.2 Å². The Balaban J connectivity index is 1.61. The SMILES string of the molecule is COc1ccc(C(O)CCc2ccc3c(c2)CCO3)nn1. The van der Waals surface area contributed by atoms with Crippen molar-refractivity contribution in [3.8, 4) is 11.6 Å². The number of aromatic nitrogens is 2. The number of hydrogen-bond acceptors (Lipinski definition) is 5. The van der Waals surface area contributed by atoms with Crippen LogP contribution < -0.4 is 9.47 Å². The molecule has 1 atom stereocenters. The Morgan fingerprint density at radius 3 is 2.95 bits per heavy atom. The van der Waals surface area contributed by atoms with Gasteiger partial charge in [-0.25, -0.2) is 0 Å². The molecule has 0 saturated heterocycles. The highest BCUT2D eigenvalue weighted by Gasteiger charge is 2.14. The van der Waals surface area contributed by atoms with Crippen molar-refractivity contribution in [3.05, 3.63) is 47.2 Å². The Hall–Kier alpha value is -2.14. The number of aryl methyl sites for hydroxylation is 1. The fourth-order valence-electron chi connectivity index (χ4n) is 2.46. The van der Waals surface area contributed by atoms with Gasteiger partial charge in [-0.2, -0.15) is 0 Å². The van der Waals surface area contributed by atoms with Gasteiger partial charge in [0.15, 0.2) is 0 Å². The van der Waals surface area contributed by atoms with E-state index in [1.807, 2.05) is 6.07 Å². The molecule has 1 aliphatic heterocycles. The zero-order chi connectivity index (χ0) is 14.7. The summed E-state index contributed by atoms with van der Waals surface area (Å²) >= 11 is 0. The number of benzene rings is 1. The third-order valence-corrected chi connectivity index (χ3v) is 3.67. The Labute approximate surface area is 123 Å². The number of ether oxygens (including phenoxy) is 2. The van der Waals surface area contributed by atoms with Crippen molar-refractivity contribution >= 4 is 0 Å². The van der Waals surface area contributed by atoms with Crippen LogP contribution in [-0.4, -0.2) is 29.0 Å². The largest absolute Gasteiger partial charge is 0.493 e. The Morgan fingerprint density at radius 1 is 1.29 bits per heavy atom. The quantitative estimate of drug-likeness (QED) is 0.911. The number of aliphatic hydroxyl groups excluding tert-OH is 1. The molecular weight excluding hydrogens is 268 g/mol. The second kappa shape index (κ2) is 6.10. The van der Waals surface area contributed by atoms with Gasteiger partial charge < -0.3 is 14.6 Å².